The largest absolute Gasteiger partial charge is 0.494 e. The first-order valence-electron chi connectivity index (χ1n) is 11.2. The topological polar surface area (TPSA) is 71.5 Å². The number of hydrogen-bond acceptors (Lipinski definition) is 6. The third kappa shape index (κ3) is 4.37. The number of benzene rings is 2. The average Bonchev–Trinajstić information content (AvgIpc) is 2.89. The highest BCUT2D eigenvalue weighted by Gasteiger charge is 2.24. The Hall–Kier alpha value is -4.14. The SMILES string of the molecule is COc1cc(-c2cc(F)ccc2F)cc2c(N3CCN(C(C)=O)CC3)nc(-c3cccnc3)nc12. The molecule has 0 saturated carbocycles. The molecule has 1 aliphatic rings. The van der Waals surface area contributed by atoms with Crippen molar-refractivity contribution >= 4 is 22.6 Å². The maximum absolute atomic E-state index is 14.7. The van der Waals surface area contributed by atoms with Crippen molar-refractivity contribution in [1.82, 2.24) is 19.9 Å². The van der Waals surface area contributed by atoms with Crippen LogP contribution in [0.5, 0.6) is 5.75 Å². The summed E-state index contributed by atoms with van der Waals surface area (Å²) in [5.74, 6) is 0.462. The van der Waals surface area contributed by atoms with E-state index in [4.69, 9.17) is 14.7 Å². The Bertz CT molecular complexity index is 1410. The standard InChI is InChI=1S/C26H23F2N5O2/c1-16(34)32-8-10-33(11-9-32)26-21-12-18(20-14-19(27)5-6-22(20)28)13-23(35-2)24(21)30-25(31-26)17-4-3-7-29-15-17/h3-7,12-15H,8-11H2,1-2H3. The van der Waals surface area contributed by atoms with Gasteiger partial charge in [-0.05, 0) is 48.0 Å². The molecule has 4 aromatic rings. The summed E-state index contributed by atoms with van der Waals surface area (Å²) >= 11 is 0. The first-order valence-corrected chi connectivity index (χ1v) is 11.2. The quantitative estimate of drug-likeness (QED) is 0.438. The summed E-state index contributed by atoms with van der Waals surface area (Å²) in [4.78, 5) is 29.5. The van der Waals surface area contributed by atoms with E-state index in [1.54, 1.807) is 42.4 Å². The maximum Gasteiger partial charge on any atom is 0.219 e. The lowest BCUT2D eigenvalue weighted by molar-refractivity contribution is -0.129. The van der Waals surface area contributed by atoms with Crippen molar-refractivity contribution in [2.75, 3.05) is 38.2 Å². The summed E-state index contributed by atoms with van der Waals surface area (Å²) in [7, 11) is 1.51. The molecule has 5 rings (SSSR count). The van der Waals surface area contributed by atoms with Crippen molar-refractivity contribution in [2.24, 2.45) is 0 Å². The molecule has 2 aromatic heterocycles. The first-order chi connectivity index (χ1) is 16.9. The number of pyridine rings is 1. The number of amides is 1. The molecule has 3 heterocycles. The van der Waals surface area contributed by atoms with Gasteiger partial charge in [-0.3, -0.25) is 9.78 Å². The van der Waals surface area contributed by atoms with Gasteiger partial charge in [0.2, 0.25) is 5.91 Å². The zero-order chi connectivity index (χ0) is 24.5. The number of carbonyl (C=O) groups excluding carboxylic acids is 1. The number of piperazine rings is 1. The summed E-state index contributed by atoms with van der Waals surface area (Å²) in [5, 5.41) is 0.645. The molecule has 0 bridgehead atoms. The van der Waals surface area contributed by atoms with Crippen molar-refractivity contribution in [3.8, 4) is 28.3 Å². The van der Waals surface area contributed by atoms with E-state index in [2.05, 4.69) is 9.88 Å². The predicted molar refractivity (Wildman–Crippen MR) is 129 cm³/mol. The van der Waals surface area contributed by atoms with E-state index in [9.17, 15) is 13.6 Å². The number of nitrogens with zero attached hydrogens (tertiary/aromatic N) is 5. The second-order valence-electron chi connectivity index (χ2n) is 8.30. The number of hydrogen-bond donors (Lipinski definition) is 0. The van der Waals surface area contributed by atoms with Crippen LogP contribution in [0.2, 0.25) is 0 Å². The molecule has 35 heavy (non-hydrogen) atoms. The number of halogens is 2. The van der Waals surface area contributed by atoms with E-state index in [-0.39, 0.29) is 11.5 Å². The summed E-state index contributed by atoms with van der Waals surface area (Å²) < 4.78 is 34.3. The van der Waals surface area contributed by atoms with Crippen LogP contribution >= 0.6 is 0 Å². The molecule has 1 saturated heterocycles. The normalized spacial score (nSPS) is 13.8. The number of ether oxygens (including phenoxy) is 1. The first kappa shape index (κ1) is 22.6. The maximum atomic E-state index is 14.7. The summed E-state index contributed by atoms with van der Waals surface area (Å²) in [6, 6.07) is 10.4. The van der Waals surface area contributed by atoms with Crippen LogP contribution < -0.4 is 9.64 Å². The number of fused-ring (bicyclic) bond motifs is 1. The molecular formula is C26H23F2N5O2. The molecule has 7 nitrogen and oxygen atoms in total. The highest BCUT2D eigenvalue weighted by Crippen LogP contribution is 2.38. The molecule has 1 amide bonds. The Morgan fingerprint density at radius 2 is 1.80 bits per heavy atom. The van der Waals surface area contributed by atoms with E-state index in [1.165, 1.54) is 7.11 Å². The molecule has 1 aliphatic heterocycles. The zero-order valence-electron chi connectivity index (χ0n) is 19.3. The van der Waals surface area contributed by atoms with Crippen LogP contribution in [0.4, 0.5) is 14.6 Å². The fraction of sp³-hybridized carbons (Fsp3) is 0.231. The fourth-order valence-corrected chi connectivity index (χ4v) is 4.31. The number of aromatic nitrogens is 3. The Balaban J connectivity index is 1.72. The molecule has 0 unspecified atom stereocenters. The van der Waals surface area contributed by atoms with Crippen LogP contribution in [0.25, 0.3) is 33.4 Å². The lowest BCUT2D eigenvalue weighted by Gasteiger charge is -2.35. The molecule has 9 heteroatoms. The van der Waals surface area contributed by atoms with E-state index in [0.717, 1.165) is 23.8 Å². The minimum atomic E-state index is -0.544. The molecule has 0 spiro atoms. The van der Waals surface area contributed by atoms with Crippen LogP contribution in [0.3, 0.4) is 0 Å². The zero-order valence-corrected chi connectivity index (χ0v) is 19.3. The Kier molecular flexibility index (Phi) is 5.98. The summed E-state index contributed by atoms with van der Waals surface area (Å²) in [6.07, 6.45) is 3.36. The van der Waals surface area contributed by atoms with Gasteiger partial charge < -0.3 is 14.5 Å². The number of anilines is 1. The third-order valence-electron chi connectivity index (χ3n) is 6.15. The van der Waals surface area contributed by atoms with Gasteiger partial charge in [-0.15, -0.1) is 0 Å². The van der Waals surface area contributed by atoms with E-state index < -0.39 is 11.6 Å². The molecule has 2 aromatic carbocycles. The van der Waals surface area contributed by atoms with Crippen molar-refractivity contribution in [3.63, 3.8) is 0 Å². The fourth-order valence-electron chi connectivity index (χ4n) is 4.31. The molecule has 0 aliphatic carbocycles. The van der Waals surface area contributed by atoms with E-state index >= 15 is 0 Å². The second-order valence-corrected chi connectivity index (χ2v) is 8.30. The third-order valence-corrected chi connectivity index (χ3v) is 6.15. The van der Waals surface area contributed by atoms with Gasteiger partial charge in [0, 0.05) is 62.0 Å². The lowest BCUT2D eigenvalue weighted by Crippen LogP contribution is -2.48. The summed E-state index contributed by atoms with van der Waals surface area (Å²) in [5.41, 5.74) is 1.85. The number of carbonyl (C=O) groups is 1. The second kappa shape index (κ2) is 9.25. The van der Waals surface area contributed by atoms with E-state index in [1.807, 2.05) is 6.07 Å². The minimum Gasteiger partial charge on any atom is -0.494 e. The van der Waals surface area contributed by atoms with Gasteiger partial charge in [0.25, 0.3) is 0 Å². The Morgan fingerprint density at radius 1 is 1.00 bits per heavy atom. The highest BCUT2D eigenvalue weighted by molar-refractivity contribution is 5.98. The van der Waals surface area contributed by atoms with Gasteiger partial charge in [0.05, 0.1) is 7.11 Å². The molecule has 178 valence electrons. The van der Waals surface area contributed by atoms with Crippen molar-refractivity contribution in [1.29, 1.82) is 0 Å². The van der Waals surface area contributed by atoms with Crippen molar-refractivity contribution < 1.29 is 18.3 Å². The van der Waals surface area contributed by atoms with Crippen LogP contribution in [0.1, 0.15) is 6.92 Å². The highest BCUT2D eigenvalue weighted by atomic mass is 19.1. The van der Waals surface area contributed by atoms with Crippen LogP contribution in [-0.4, -0.2) is 59.0 Å². The predicted octanol–water partition coefficient (Wildman–Crippen LogP) is 4.31. The molecule has 0 radical (unpaired) electrons. The Labute approximate surface area is 201 Å². The monoisotopic (exact) mass is 475 g/mol. The van der Waals surface area contributed by atoms with Gasteiger partial charge in [0.1, 0.15) is 28.7 Å². The van der Waals surface area contributed by atoms with Crippen LogP contribution in [0, 0.1) is 11.6 Å². The van der Waals surface area contributed by atoms with Gasteiger partial charge in [0.15, 0.2) is 5.82 Å². The number of methoxy groups -OCH3 is 1. The van der Waals surface area contributed by atoms with Gasteiger partial charge in [-0.2, -0.15) is 0 Å². The van der Waals surface area contributed by atoms with Crippen LogP contribution in [0.15, 0.2) is 54.9 Å². The van der Waals surface area contributed by atoms with Gasteiger partial charge in [-0.1, -0.05) is 0 Å². The Morgan fingerprint density at radius 3 is 2.49 bits per heavy atom. The van der Waals surface area contributed by atoms with Gasteiger partial charge >= 0.3 is 0 Å². The van der Waals surface area contributed by atoms with Crippen molar-refractivity contribution in [2.45, 2.75) is 6.92 Å². The molecule has 1 fully saturated rings. The minimum absolute atomic E-state index is 0.0266. The van der Waals surface area contributed by atoms with Gasteiger partial charge in [-0.25, -0.2) is 18.7 Å². The number of rotatable bonds is 4. The molecular weight excluding hydrogens is 452 g/mol. The van der Waals surface area contributed by atoms with E-state index in [0.29, 0.717) is 60.0 Å². The average molecular weight is 475 g/mol. The lowest BCUT2D eigenvalue weighted by atomic mass is 10.0. The van der Waals surface area contributed by atoms with Crippen LogP contribution in [-0.2, 0) is 4.79 Å². The summed E-state index contributed by atoms with van der Waals surface area (Å²) in [6.45, 7) is 3.80. The molecule has 0 N–H and O–H groups in total. The molecule has 0 atom stereocenters. The smallest absolute Gasteiger partial charge is 0.219 e. The van der Waals surface area contributed by atoms with Crippen molar-refractivity contribution in [3.05, 3.63) is 66.5 Å².